The van der Waals surface area contributed by atoms with Crippen LogP contribution in [0, 0.1) is 0 Å². The molecule has 0 aliphatic rings. The first-order valence-corrected chi connectivity index (χ1v) is 11.3. The van der Waals surface area contributed by atoms with Crippen LogP contribution in [0.4, 0.5) is 11.4 Å². The first-order valence-electron chi connectivity index (χ1n) is 10.9. The second-order valence-corrected chi connectivity index (χ2v) is 8.04. The van der Waals surface area contributed by atoms with Gasteiger partial charge in [-0.3, -0.25) is 14.5 Å². The average molecular weight is 498 g/mol. The largest absolute Gasteiger partial charge is 0.494 e. The molecular formula is C26H28ClN3O5. The summed E-state index contributed by atoms with van der Waals surface area (Å²) in [6, 6.07) is 19.3. The van der Waals surface area contributed by atoms with E-state index in [0.717, 1.165) is 0 Å². The molecule has 0 aliphatic heterocycles. The lowest BCUT2D eigenvalue weighted by atomic mass is 10.2. The minimum atomic E-state index is -0.289. The van der Waals surface area contributed by atoms with Crippen LogP contribution >= 0.6 is 11.6 Å². The smallest absolute Gasteiger partial charge is 0.255 e. The van der Waals surface area contributed by atoms with E-state index in [4.69, 9.17) is 25.8 Å². The highest BCUT2D eigenvalue weighted by molar-refractivity contribution is 6.32. The number of hydrogen-bond donors (Lipinski definition) is 2. The molecule has 3 rings (SSSR count). The van der Waals surface area contributed by atoms with Gasteiger partial charge in [0, 0.05) is 24.2 Å². The predicted octanol–water partition coefficient (Wildman–Crippen LogP) is 4.56. The Labute approximate surface area is 209 Å². The summed E-state index contributed by atoms with van der Waals surface area (Å²) < 4.78 is 16.5. The van der Waals surface area contributed by atoms with Crippen LogP contribution in [0.5, 0.6) is 17.2 Å². The fraction of sp³-hybridized carbons (Fsp3) is 0.231. The van der Waals surface area contributed by atoms with E-state index in [1.54, 1.807) is 48.5 Å². The van der Waals surface area contributed by atoms with E-state index in [1.807, 2.05) is 30.1 Å². The van der Waals surface area contributed by atoms with Crippen molar-refractivity contribution in [3.8, 4) is 17.2 Å². The number of anilines is 2. The van der Waals surface area contributed by atoms with Gasteiger partial charge in [-0.25, -0.2) is 0 Å². The number of ether oxygens (including phenoxy) is 3. The molecule has 0 spiro atoms. The number of para-hydroxylation sites is 1. The van der Waals surface area contributed by atoms with Gasteiger partial charge < -0.3 is 24.8 Å². The van der Waals surface area contributed by atoms with E-state index in [-0.39, 0.29) is 18.4 Å². The molecule has 0 aliphatic carbocycles. The Kier molecular flexibility index (Phi) is 9.34. The Balaban J connectivity index is 1.60. The van der Waals surface area contributed by atoms with Crippen LogP contribution in [0.3, 0.4) is 0 Å². The summed E-state index contributed by atoms with van der Waals surface area (Å²) in [7, 11) is 4.78. The lowest BCUT2D eigenvalue weighted by molar-refractivity contribution is -0.117. The summed E-state index contributed by atoms with van der Waals surface area (Å²) in [5.74, 6) is 0.831. The Hall–Kier alpha value is -3.75. The first kappa shape index (κ1) is 25.9. The maximum atomic E-state index is 12.6. The number of likely N-dealkylation sites (N-methyl/N-ethyl adjacent to an activating group) is 1. The zero-order valence-corrected chi connectivity index (χ0v) is 20.6. The Morgan fingerprint density at radius 2 is 1.46 bits per heavy atom. The number of hydrogen-bond acceptors (Lipinski definition) is 6. The minimum absolute atomic E-state index is 0.129. The van der Waals surface area contributed by atoms with Crippen molar-refractivity contribution in [3.63, 3.8) is 0 Å². The summed E-state index contributed by atoms with van der Waals surface area (Å²) >= 11 is 6.09. The summed E-state index contributed by atoms with van der Waals surface area (Å²) in [5.41, 5.74) is 1.35. The number of halogens is 1. The molecule has 9 heteroatoms. The topological polar surface area (TPSA) is 89.1 Å². The molecule has 3 aromatic rings. The molecule has 184 valence electrons. The lowest BCUT2D eigenvalue weighted by Crippen LogP contribution is -2.33. The van der Waals surface area contributed by atoms with Gasteiger partial charge >= 0.3 is 0 Å². The molecule has 0 heterocycles. The van der Waals surface area contributed by atoms with Crippen molar-refractivity contribution in [2.24, 2.45) is 0 Å². The number of amides is 2. The third kappa shape index (κ3) is 7.37. The number of nitrogens with zero attached hydrogens (tertiary/aromatic N) is 1. The monoisotopic (exact) mass is 497 g/mol. The van der Waals surface area contributed by atoms with Crippen LogP contribution in [0.25, 0.3) is 0 Å². The summed E-state index contributed by atoms with van der Waals surface area (Å²) in [5, 5.41) is 6.19. The molecule has 35 heavy (non-hydrogen) atoms. The van der Waals surface area contributed by atoms with Gasteiger partial charge in [0.25, 0.3) is 5.91 Å². The van der Waals surface area contributed by atoms with Crippen LogP contribution in [-0.2, 0) is 4.79 Å². The van der Waals surface area contributed by atoms with Crippen molar-refractivity contribution < 1.29 is 23.8 Å². The highest BCUT2D eigenvalue weighted by atomic mass is 35.5. The van der Waals surface area contributed by atoms with E-state index in [2.05, 4.69) is 10.6 Å². The summed E-state index contributed by atoms with van der Waals surface area (Å²) in [4.78, 5) is 27.0. The van der Waals surface area contributed by atoms with Crippen molar-refractivity contribution in [3.05, 3.63) is 77.3 Å². The summed E-state index contributed by atoms with van der Waals surface area (Å²) in [6.45, 7) is 1.02. The maximum absolute atomic E-state index is 12.6. The van der Waals surface area contributed by atoms with Gasteiger partial charge in [-0.2, -0.15) is 0 Å². The quantitative estimate of drug-likeness (QED) is 0.404. The first-order chi connectivity index (χ1) is 16.9. The molecule has 3 aromatic carbocycles. The number of carbonyl (C=O) groups is 2. The number of carbonyl (C=O) groups excluding carboxylic acids is 2. The van der Waals surface area contributed by atoms with Crippen LogP contribution in [0.15, 0.2) is 66.7 Å². The standard InChI is InChI=1S/C26H28ClN3O5/c1-30(13-14-35-22-12-8-7-11-19(22)27)17-25(31)28-20-15-24(34-3)21(16-23(20)33-2)29-26(32)18-9-5-4-6-10-18/h4-12,15-16H,13-14,17H2,1-3H3,(H,28,31)(H,29,32). The maximum Gasteiger partial charge on any atom is 0.255 e. The van der Waals surface area contributed by atoms with Crippen LogP contribution in [0.1, 0.15) is 10.4 Å². The highest BCUT2D eigenvalue weighted by Gasteiger charge is 2.17. The molecule has 0 bridgehead atoms. The van der Waals surface area contributed by atoms with Gasteiger partial charge in [-0.1, -0.05) is 41.9 Å². The number of nitrogens with one attached hydrogen (secondary N) is 2. The molecule has 0 saturated heterocycles. The van der Waals surface area contributed by atoms with E-state index in [0.29, 0.717) is 52.4 Å². The van der Waals surface area contributed by atoms with E-state index >= 15 is 0 Å². The van der Waals surface area contributed by atoms with Gasteiger partial charge in [0.15, 0.2) is 0 Å². The van der Waals surface area contributed by atoms with Crippen molar-refractivity contribution in [2.45, 2.75) is 0 Å². The van der Waals surface area contributed by atoms with E-state index in [9.17, 15) is 9.59 Å². The average Bonchev–Trinajstić information content (AvgIpc) is 2.86. The number of rotatable bonds is 11. The van der Waals surface area contributed by atoms with Crippen molar-refractivity contribution in [1.82, 2.24) is 4.90 Å². The van der Waals surface area contributed by atoms with Crippen LogP contribution < -0.4 is 24.8 Å². The molecule has 0 saturated carbocycles. The molecule has 2 N–H and O–H groups in total. The second kappa shape index (κ2) is 12.6. The predicted molar refractivity (Wildman–Crippen MR) is 137 cm³/mol. The second-order valence-electron chi connectivity index (χ2n) is 7.64. The van der Waals surface area contributed by atoms with Crippen molar-refractivity contribution in [1.29, 1.82) is 0 Å². The van der Waals surface area contributed by atoms with Gasteiger partial charge in [0.05, 0.1) is 37.2 Å². The Morgan fingerprint density at radius 3 is 2.09 bits per heavy atom. The zero-order chi connectivity index (χ0) is 25.2. The van der Waals surface area contributed by atoms with Gasteiger partial charge in [0.1, 0.15) is 23.9 Å². The van der Waals surface area contributed by atoms with E-state index in [1.165, 1.54) is 14.2 Å². The highest BCUT2D eigenvalue weighted by Crippen LogP contribution is 2.36. The zero-order valence-electron chi connectivity index (χ0n) is 19.8. The fourth-order valence-electron chi connectivity index (χ4n) is 3.26. The van der Waals surface area contributed by atoms with Gasteiger partial charge in [0.2, 0.25) is 5.91 Å². The van der Waals surface area contributed by atoms with Crippen LogP contribution in [-0.4, -0.2) is 57.7 Å². The third-order valence-electron chi connectivity index (χ3n) is 5.06. The Bertz CT molecular complexity index is 1160. The minimum Gasteiger partial charge on any atom is -0.494 e. The molecule has 0 aromatic heterocycles. The molecule has 0 unspecified atom stereocenters. The Morgan fingerprint density at radius 1 is 0.857 bits per heavy atom. The van der Waals surface area contributed by atoms with Crippen molar-refractivity contribution in [2.75, 3.05) is 51.6 Å². The normalized spacial score (nSPS) is 10.5. The molecule has 0 atom stereocenters. The lowest BCUT2D eigenvalue weighted by Gasteiger charge is -2.19. The SMILES string of the molecule is COc1cc(NC(=O)c2ccccc2)c(OC)cc1NC(=O)CN(C)CCOc1ccccc1Cl. The number of benzene rings is 3. The summed E-state index contributed by atoms with van der Waals surface area (Å²) in [6.07, 6.45) is 0. The van der Waals surface area contributed by atoms with Crippen LogP contribution in [0.2, 0.25) is 5.02 Å². The fourth-order valence-corrected chi connectivity index (χ4v) is 3.45. The van der Waals surface area contributed by atoms with E-state index < -0.39 is 0 Å². The molecule has 0 fully saturated rings. The molecule has 0 radical (unpaired) electrons. The third-order valence-corrected chi connectivity index (χ3v) is 5.37. The van der Waals surface area contributed by atoms with Gasteiger partial charge in [-0.05, 0) is 31.3 Å². The van der Waals surface area contributed by atoms with Crippen molar-refractivity contribution >= 4 is 34.8 Å². The number of methoxy groups -OCH3 is 2. The molecule has 2 amide bonds. The molecular weight excluding hydrogens is 470 g/mol. The van der Waals surface area contributed by atoms with Gasteiger partial charge in [-0.15, -0.1) is 0 Å². The molecule has 8 nitrogen and oxygen atoms in total.